The molecule has 0 N–H and O–H groups in total. The molecule has 0 radical (unpaired) electrons. The lowest BCUT2D eigenvalue weighted by molar-refractivity contribution is 0.356. The molecule has 8 heteroatoms. The second kappa shape index (κ2) is 6.97. The molecular formula is C17H16BrN3O3S. The first-order valence-electron chi connectivity index (χ1n) is 7.29. The molecule has 1 aromatic heterocycles. The van der Waals surface area contributed by atoms with Gasteiger partial charge >= 0.3 is 0 Å². The van der Waals surface area contributed by atoms with Gasteiger partial charge in [-0.2, -0.15) is 4.36 Å². The lowest BCUT2D eigenvalue weighted by Crippen LogP contribution is -1.98. The second-order valence-corrected chi connectivity index (χ2v) is 8.44. The highest BCUT2D eigenvalue weighted by molar-refractivity contribution is 9.10. The van der Waals surface area contributed by atoms with E-state index in [0.29, 0.717) is 33.1 Å². The summed E-state index contributed by atoms with van der Waals surface area (Å²) in [6.07, 6.45) is 2.98. The van der Waals surface area contributed by atoms with Crippen LogP contribution in [-0.2, 0) is 9.73 Å². The van der Waals surface area contributed by atoms with E-state index in [9.17, 15) is 4.21 Å². The second-order valence-electron chi connectivity index (χ2n) is 5.27. The van der Waals surface area contributed by atoms with E-state index < -0.39 is 9.73 Å². The van der Waals surface area contributed by atoms with E-state index in [4.69, 9.17) is 9.47 Å². The molecule has 0 aliphatic heterocycles. The molecule has 0 amide bonds. The van der Waals surface area contributed by atoms with Crippen molar-refractivity contribution in [2.75, 3.05) is 20.5 Å². The third-order valence-electron chi connectivity index (χ3n) is 3.63. The number of nitrogens with zero attached hydrogens (tertiary/aromatic N) is 3. The van der Waals surface area contributed by atoms with Gasteiger partial charge in [-0.25, -0.2) is 14.2 Å². The molecular weight excluding hydrogens is 406 g/mol. The highest BCUT2D eigenvalue weighted by atomic mass is 79.9. The van der Waals surface area contributed by atoms with Crippen molar-refractivity contribution in [3.63, 3.8) is 0 Å². The summed E-state index contributed by atoms with van der Waals surface area (Å²) >= 11 is 3.37. The number of ether oxygens (including phenoxy) is 2. The molecule has 0 fully saturated rings. The van der Waals surface area contributed by atoms with E-state index in [-0.39, 0.29) is 0 Å². The number of fused-ring (bicyclic) bond motifs is 1. The zero-order valence-electron chi connectivity index (χ0n) is 13.9. The molecule has 0 spiro atoms. The summed E-state index contributed by atoms with van der Waals surface area (Å²) in [7, 11) is 0.444. The zero-order chi connectivity index (χ0) is 18.0. The number of aromatic nitrogens is 2. The van der Waals surface area contributed by atoms with Crippen molar-refractivity contribution in [1.82, 2.24) is 9.97 Å². The number of hydrogen-bond acceptors (Lipinski definition) is 6. The van der Waals surface area contributed by atoms with Crippen LogP contribution in [0.2, 0.25) is 0 Å². The maximum atomic E-state index is 13.1. The first kappa shape index (κ1) is 17.6. The van der Waals surface area contributed by atoms with Crippen LogP contribution in [0.25, 0.3) is 10.9 Å². The molecule has 0 aliphatic carbocycles. The smallest absolute Gasteiger partial charge is 0.173 e. The zero-order valence-corrected chi connectivity index (χ0v) is 16.3. The minimum atomic E-state index is -2.66. The van der Waals surface area contributed by atoms with Crippen molar-refractivity contribution in [1.29, 1.82) is 0 Å². The molecule has 3 rings (SSSR count). The van der Waals surface area contributed by atoms with Crippen LogP contribution < -0.4 is 9.47 Å². The van der Waals surface area contributed by atoms with Crippen molar-refractivity contribution in [3.8, 4) is 11.5 Å². The Bertz CT molecular complexity index is 1040. The highest BCUT2D eigenvalue weighted by Crippen LogP contribution is 2.35. The molecule has 6 nitrogen and oxygen atoms in total. The topological polar surface area (TPSA) is 73.7 Å². The van der Waals surface area contributed by atoms with E-state index in [0.717, 1.165) is 4.47 Å². The van der Waals surface area contributed by atoms with Crippen LogP contribution in [0.15, 0.2) is 56.5 Å². The van der Waals surface area contributed by atoms with Crippen LogP contribution in [0.4, 0.5) is 5.82 Å². The van der Waals surface area contributed by atoms with E-state index in [1.165, 1.54) is 6.33 Å². The van der Waals surface area contributed by atoms with Crippen molar-refractivity contribution in [2.45, 2.75) is 4.90 Å². The van der Waals surface area contributed by atoms with Gasteiger partial charge in [-0.3, -0.25) is 0 Å². The minimum absolute atomic E-state index is 0.348. The van der Waals surface area contributed by atoms with Gasteiger partial charge in [-0.05, 0) is 30.3 Å². The fourth-order valence-corrected chi connectivity index (χ4v) is 3.83. The van der Waals surface area contributed by atoms with Crippen molar-refractivity contribution in [2.24, 2.45) is 4.36 Å². The summed E-state index contributed by atoms with van der Waals surface area (Å²) in [6, 6.07) is 10.7. The van der Waals surface area contributed by atoms with Crippen molar-refractivity contribution >= 4 is 42.4 Å². The molecule has 3 aromatic rings. The molecule has 25 heavy (non-hydrogen) atoms. The SMILES string of the molecule is COc1cc2ncnc(N=S(C)(=O)c3ccc(Br)cc3)c2cc1OC. The van der Waals surface area contributed by atoms with Crippen LogP contribution >= 0.6 is 15.9 Å². The van der Waals surface area contributed by atoms with E-state index in [1.54, 1.807) is 44.7 Å². The summed E-state index contributed by atoms with van der Waals surface area (Å²) in [5, 5.41) is 0.645. The quantitative estimate of drug-likeness (QED) is 0.630. The molecule has 0 bridgehead atoms. The Morgan fingerprint density at radius 3 is 2.32 bits per heavy atom. The van der Waals surface area contributed by atoms with Crippen LogP contribution in [0.5, 0.6) is 11.5 Å². The van der Waals surface area contributed by atoms with Crippen LogP contribution in [-0.4, -0.2) is 34.7 Å². The Morgan fingerprint density at radius 2 is 1.68 bits per heavy atom. The molecule has 130 valence electrons. The normalized spacial score (nSPS) is 13.3. The summed E-state index contributed by atoms with van der Waals surface area (Å²) < 4.78 is 29.0. The summed E-state index contributed by atoms with van der Waals surface area (Å²) in [6.45, 7) is 0. The molecule has 2 aromatic carbocycles. The Balaban J connectivity index is 2.21. The maximum Gasteiger partial charge on any atom is 0.173 e. The van der Waals surface area contributed by atoms with Gasteiger partial charge in [-0.15, -0.1) is 0 Å². The number of methoxy groups -OCH3 is 2. The summed E-state index contributed by atoms with van der Waals surface area (Å²) in [5.41, 5.74) is 0.636. The number of benzene rings is 2. The van der Waals surface area contributed by atoms with Crippen LogP contribution in [0.3, 0.4) is 0 Å². The van der Waals surface area contributed by atoms with Gasteiger partial charge < -0.3 is 9.47 Å². The average Bonchev–Trinajstić information content (AvgIpc) is 2.61. The fraction of sp³-hybridized carbons (Fsp3) is 0.176. The standard InChI is InChI=1S/C17H16BrN3O3S/c1-23-15-8-13-14(9-16(15)24-2)19-10-20-17(13)21-25(3,22)12-6-4-11(18)5-7-12/h4-10H,1-3H3. The molecule has 1 heterocycles. The van der Waals surface area contributed by atoms with Gasteiger partial charge in [-0.1, -0.05) is 15.9 Å². The first-order chi connectivity index (χ1) is 11.9. The van der Waals surface area contributed by atoms with E-state index >= 15 is 0 Å². The summed E-state index contributed by atoms with van der Waals surface area (Å²) in [4.78, 5) is 9.07. The number of hydrogen-bond donors (Lipinski definition) is 0. The Labute approximate surface area is 154 Å². The predicted molar refractivity (Wildman–Crippen MR) is 101 cm³/mol. The fourth-order valence-electron chi connectivity index (χ4n) is 2.35. The lowest BCUT2D eigenvalue weighted by Gasteiger charge is -2.10. The largest absolute Gasteiger partial charge is 0.493 e. The predicted octanol–water partition coefficient (Wildman–Crippen LogP) is 4.20. The summed E-state index contributed by atoms with van der Waals surface area (Å²) in [5.74, 6) is 1.44. The van der Waals surface area contributed by atoms with Crippen molar-refractivity contribution in [3.05, 3.63) is 47.2 Å². The highest BCUT2D eigenvalue weighted by Gasteiger charge is 2.13. The lowest BCUT2D eigenvalue weighted by atomic mass is 10.2. The van der Waals surface area contributed by atoms with Gasteiger partial charge in [0.25, 0.3) is 0 Å². The molecule has 1 unspecified atom stereocenters. The van der Waals surface area contributed by atoms with E-state index in [2.05, 4.69) is 30.3 Å². The Hall–Kier alpha value is -2.19. The third-order valence-corrected chi connectivity index (χ3v) is 5.83. The molecule has 0 aliphatic rings. The third kappa shape index (κ3) is 3.59. The van der Waals surface area contributed by atoms with Crippen LogP contribution in [0, 0.1) is 0 Å². The van der Waals surface area contributed by atoms with Gasteiger partial charge in [0.1, 0.15) is 6.33 Å². The number of halogens is 1. The van der Waals surface area contributed by atoms with Gasteiger partial charge in [0.05, 0.1) is 29.5 Å². The Morgan fingerprint density at radius 1 is 1.04 bits per heavy atom. The Kier molecular flexibility index (Phi) is 4.91. The monoisotopic (exact) mass is 421 g/mol. The average molecular weight is 422 g/mol. The minimum Gasteiger partial charge on any atom is -0.493 e. The first-order valence-corrected chi connectivity index (χ1v) is 10.0. The van der Waals surface area contributed by atoms with Crippen LogP contribution in [0.1, 0.15) is 0 Å². The number of rotatable bonds is 4. The molecule has 0 saturated carbocycles. The van der Waals surface area contributed by atoms with Crippen molar-refractivity contribution < 1.29 is 13.7 Å². The van der Waals surface area contributed by atoms with Gasteiger partial charge in [0, 0.05) is 27.1 Å². The molecule has 0 saturated heterocycles. The van der Waals surface area contributed by atoms with Gasteiger partial charge in [0.15, 0.2) is 17.3 Å². The van der Waals surface area contributed by atoms with E-state index in [1.807, 2.05) is 12.1 Å². The maximum absolute atomic E-state index is 13.1. The molecule has 1 atom stereocenters. The van der Waals surface area contributed by atoms with Gasteiger partial charge in [0.2, 0.25) is 0 Å².